The Labute approximate surface area is 110 Å². The quantitative estimate of drug-likeness (QED) is 0.638. The maximum atomic E-state index is 6.45. The zero-order valence-electron chi connectivity index (χ0n) is 9.66. The van der Waals surface area contributed by atoms with Gasteiger partial charge < -0.3 is 0 Å². The second-order valence-electron chi connectivity index (χ2n) is 4.87. The van der Waals surface area contributed by atoms with Gasteiger partial charge in [0.1, 0.15) is 0 Å². The van der Waals surface area contributed by atoms with Gasteiger partial charge in [0.05, 0.1) is 5.38 Å². The molecule has 0 N–H and O–H groups in total. The fraction of sp³-hybridized carbons (Fsp3) is 0.385. The minimum atomic E-state index is 0.00681. The molecule has 2 heterocycles. The molecule has 86 valence electrons. The third-order valence-corrected chi connectivity index (χ3v) is 5.35. The molecular formula is C13H15ClS2. The zero-order chi connectivity index (χ0) is 11.8. The minimum Gasteiger partial charge on any atom is -0.152 e. The summed E-state index contributed by atoms with van der Waals surface area (Å²) >= 11 is 9.97. The van der Waals surface area contributed by atoms with Gasteiger partial charge in [-0.25, -0.2) is 0 Å². The van der Waals surface area contributed by atoms with E-state index in [4.69, 9.17) is 11.6 Å². The molecule has 0 saturated carbocycles. The van der Waals surface area contributed by atoms with Crippen molar-refractivity contribution in [2.45, 2.75) is 31.6 Å². The fourth-order valence-electron chi connectivity index (χ4n) is 1.48. The highest BCUT2D eigenvalue weighted by Crippen LogP contribution is 2.38. The third-order valence-electron chi connectivity index (χ3n) is 2.45. The lowest BCUT2D eigenvalue weighted by Gasteiger charge is -2.15. The monoisotopic (exact) mass is 270 g/mol. The van der Waals surface area contributed by atoms with E-state index in [2.05, 4.69) is 49.7 Å². The first-order valence-corrected chi connectivity index (χ1v) is 7.44. The first kappa shape index (κ1) is 12.2. The molecular weight excluding hydrogens is 256 g/mol. The molecule has 1 unspecified atom stereocenters. The standard InChI is InChI=1S/C13H15ClS2/c1-13(2,3)11-5-4-10(16-11)12(14)9-6-7-15-8-9/h4-8,12H,1-3H3. The van der Waals surface area contributed by atoms with E-state index in [1.807, 2.05) is 11.3 Å². The Hall–Kier alpha value is -0.310. The van der Waals surface area contributed by atoms with Crippen LogP contribution in [-0.4, -0.2) is 0 Å². The highest BCUT2D eigenvalue weighted by molar-refractivity contribution is 7.12. The molecule has 0 spiro atoms. The molecule has 0 aromatic carbocycles. The SMILES string of the molecule is CC(C)(C)c1ccc(C(Cl)c2ccsc2)s1. The molecule has 0 aliphatic carbocycles. The van der Waals surface area contributed by atoms with Crippen molar-refractivity contribution in [1.82, 2.24) is 0 Å². The van der Waals surface area contributed by atoms with Crippen molar-refractivity contribution in [3.8, 4) is 0 Å². The normalized spacial score (nSPS) is 14.0. The van der Waals surface area contributed by atoms with Crippen molar-refractivity contribution in [2.75, 3.05) is 0 Å². The van der Waals surface area contributed by atoms with Gasteiger partial charge in [0.25, 0.3) is 0 Å². The van der Waals surface area contributed by atoms with Crippen molar-refractivity contribution in [2.24, 2.45) is 0 Å². The van der Waals surface area contributed by atoms with Crippen molar-refractivity contribution >= 4 is 34.3 Å². The average Bonchev–Trinajstić information content (AvgIpc) is 2.87. The van der Waals surface area contributed by atoms with Gasteiger partial charge in [-0.05, 0) is 39.9 Å². The molecule has 0 fully saturated rings. The van der Waals surface area contributed by atoms with E-state index in [0.29, 0.717) is 0 Å². The Morgan fingerprint density at radius 3 is 2.44 bits per heavy atom. The highest BCUT2D eigenvalue weighted by atomic mass is 35.5. The lowest BCUT2D eigenvalue weighted by Crippen LogP contribution is -2.07. The summed E-state index contributed by atoms with van der Waals surface area (Å²) in [6, 6.07) is 6.45. The Morgan fingerprint density at radius 1 is 1.19 bits per heavy atom. The molecule has 2 aromatic heterocycles. The van der Waals surface area contributed by atoms with E-state index in [1.165, 1.54) is 15.3 Å². The number of thiophene rings is 2. The van der Waals surface area contributed by atoms with E-state index < -0.39 is 0 Å². The molecule has 0 amide bonds. The summed E-state index contributed by atoms with van der Waals surface area (Å²) in [5.41, 5.74) is 1.42. The number of alkyl halides is 1. The fourth-order valence-corrected chi connectivity index (χ4v) is 3.65. The van der Waals surface area contributed by atoms with E-state index in [9.17, 15) is 0 Å². The Kier molecular flexibility index (Phi) is 3.43. The first-order chi connectivity index (χ1) is 7.48. The van der Waals surface area contributed by atoms with Crippen LogP contribution in [0.15, 0.2) is 29.0 Å². The molecule has 0 radical (unpaired) electrons. The molecule has 0 aliphatic heterocycles. The second kappa shape index (κ2) is 4.52. The number of hydrogen-bond acceptors (Lipinski definition) is 2. The van der Waals surface area contributed by atoms with Crippen LogP contribution >= 0.6 is 34.3 Å². The summed E-state index contributed by atoms with van der Waals surface area (Å²) in [7, 11) is 0. The molecule has 0 nitrogen and oxygen atoms in total. The maximum Gasteiger partial charge on any atom is 0.0935 e. The van der Waals surface area contributed by atoms with E-state index in [1.54, 1.807) is 11.3 Å². The minimum absolute atomic E-state index is 0.00681. The summed E-state index contributed by atoms with van der Waals surface area (Å²) < 4.78 is 0. The predicted molar refractivity (Wildman–Crippen MR) is 75.0 cm³/mol. The molecule has 16 heavy (non-hydrogen) atoms. The molecule has 2 rings (SSSR count). The lowest BCUT2D eigenvalue weighted by atomic mass is 9.95. The third kappa shape index (κ3) is 2.50. The van der Waals surface area contributed by atoms with Gasteiger partial charge in [-0.3, -0.25) is 0 Å². The highest BCUT2D eigenvalue weighted by Gasteiger charge is 2.19. The summed E-state index contributed by atoms with van der Waals surface area (Å²) in [6.07, 6.45) is 0. The molecule has 0 aliphatic rings. The largest absolute Gasteiger partial charge is 0.152 e. The molecule has 1 atom stereocenters. The van der Waals surface area contributed by atoms with Crippen LogP contribution in [-0.2, 0) is 5.41 Å². The van der Waals surface area contributed by atoms with Gasteiger partial charge in [-0.1, -0.05) is 20.8 Å². The van der Waals surface area contributed by atoms with Crippen LogP contribution in [0.2, 0.25) is 0 Å². The second-order valence-corrected chi connectivity index (χ2v) is 7.20. The predicted octanol–water partition coefficient (Wildman–Crippen LogP) is 5.44. The van der Waals surface area contributed by atoms with Gasteiger partial charge >= 0.3 is 0 Å². The average molecular weight is 271 g/mol. The van der Waals surface area contributed by atoms with E-state index >= 15 is 0 Å². The van der Waals surface area contributed by atoms with Gasteiger partial charge in [0.15, 0.2) is 0 Å². The van der Waals surface area contributed by atoms with Crippen LogP contribution in [0.4, 0.5) is 0 Å². The van der Waals surface area contributed by atoms with E-state index in [-0.39, 0.29) is 10.8 Å². The van der Waals surface area contributed by atoms with Gasteiger partial charge in [-0.15, -0.1) is 22.9 Å². The van der Waals surface area contributed by atoms with Crippen LogP contribution in [0, 0.1) is 0 Å². The topological polar surface area (TPSA) is 0 Å². The Balaban J connectivity index is 2.26. The number of rotatable bonds is 2. The Bertz CT molecular complexity index is 448. The van der Waals surface area contributed by atoms with E-state index in [0.717, 1.165) is 0 Å². The molecule has 2 aromatic rings. The smallest absolute Gasteiger partial charge is 0.0935 e. The van der Waals surface area contributed by atoms with Crippen LogP contribution < -0.4 is 0 Å². The number of halogens is 1. The first-order valence-electron chi connectivity index (χ1n) is 5.25. The van der Waals surface area contributed by atoms with Gasteiger partial charge in [0, 0.05) is 9.75 Å². The van der Waals surface area contributed by atoms with Crippen LogP contribution in [0.25, 0.3) is 0 Å². The van der Waals surface area contributed by atoms with Crippen molar-refractivity contribution < 1.29 is 0 Å². The van der Waals surface area contributed by atoms with Crippen LogP contribution in [0.3, 0.4) is 0 Å². The molecule has 0 saturated heterocycles. The molecule has 3 heteroatoms. The van der Waals surface area contributed by atoms with Gasteiger partial charge in [-0.2, -0.15) is 11.3 Å². The lowest BCUT2D eigenvalue weighted by molar-refractivity contribution is 0.604. The number of hydrogen-bond donors (Lipinski definition) is 0. The van der Waals surface area contributed by atoms with Crippen LogP contribution in [0.5, 0.6) is 0 Å². The maximum absolute atomic E-state index is 6.45. The van der Waals surface area contributed by atoms with Crippen LogP contribution in [0.1, 0.15) is 41.5 Å². The van der Waals surface area contributed by atoms with Crippen molar-refractivity contribution in [3.05, 3.63) is 44.3 Å². The molecule has 0 bridgehead atoms. The Morgan fingerprint density at radius 2 is 1.94 bits per heavy atom. The van der Waals surface area contributed by atoms with Crippen molar-refractivity contribution in [1.29, 1.82) is 0 Å². The zero-order valence-corrected chi connectivity index (χ0v) is 12.0. The van der Waals surface area contributed by atoms with Crippen molar-refractivity contribution in [3.63, 3.8) is 0 Å². The summed E-state index contributed by atoms with van der Waals surface area (Å²) in [5, 5.41) is 4.20. The summed E-state index contributed by atoms with van der Waals surface area (Å²) in [4.78, 5) is 2.63. The van der Waals surface area contributed by atoms with Gasteiger partial charge in [0.2, 0.25) is 0 Å². The summed E-state index contributed by atoms with van der Waals surface area (Å²) in [5.74, 6) is 0. The summed E-state index contributed by atoms with van der Waals surface area (Å²) in [6.45, 7) is 6.70.